The Hall–Kier alpha value is -7.48. The van der Waals surface area contributed by atoms with Crippen molar-refractivity contribution in [2.75, 3.05) is 4.90 Å². The van der Waals surface area contributed by atoms with Crippen molar-refractivity contribution in [1.82, 2.24) is 0 Å². The Morgan fingerprint density at radius 2 is 1.00 bits per heavy atom. The van der Waals surface area contributed by atoms with Crippen LogP contribution in [0.15, 0.2) is 236 Å². The Morgan fingerprint density at radius 1 is 0.362 bits per heavy atom. The third kappa shape index (κ3) is 5.47. The maximum atomic E-state index is 10.0. The fraction of sp³-hybridized carbons (Fsp3) is 0.0175. The molecule has 0 bridgehead atoms. The van der Waals surface area contributed by atoms with E-state index in [0.29, 0.717) is 16.8 Å². The minimum atomic E-state index is -0.863. The zero-order valence-electron chi connectivity index (χ0n) is 39.3. The van der Waals surface area contributed by atoms with Crippen LogP contribution in [0.3, 0.4) is 0 Å². The molecular formula is C57H39N. The summed E-state index contributed by atoms with van der Waals surface area (Å²) in [5.41, 5.74) is 6.36. The molecule has 272 valence electrons. The molecule has 0 unspecified atom stereocenters. The average Bonchev–Trinajstić information content (AvgIpc) is 3.65. The molecule has 11 rings (SSSR count). The third-order valence-electron chi connectivity index (χ3n) is 11.5. The molecule has 0 radical (unpaired) electrons. The second-order valence-electron chi connectivity index (χ2n) is 14.6. The van der Waals surface area contributed by atoms with Crippen molar-refractivity contribution in [3.8, 4) is 33.4 Å². The fourth-order valence-corrected chi connectivity index (χ4v) is 8.87. The van der Waals surface area contributed by atoms with Crippen molar-refractivity contribution in [2.45, 2.75) is 5.41 Å². The van der Waals surface area contributed by atoms with Gasteiger partial charge in [0.05, 0.1) is 16.4 Å². The highest BCUT2D eigenvalue weighted by Crippen LogP contribution is 2.57. The average molecular weight is 746 g/mol. The summed E-state index contributed by atoms with van der Waals surface area (Å²) in [4.78, 5) is 1.46. The molecule has 1 aliphatic carbocycles. The predicted octanol–water partition coefficient (Wildman–Crippen LogP) is 15.2. The van der Waals surface area contributed by atoms with Crippen LogP contribution in [0.25, 0.3) is 54.9 Å². The topological polar surface area (TPSA) is 3.24 Å². The summed E-state index contributed by atoms with van der Waals surface area (Å²) in [6, 6.07) is 58.3. The molecule has 0 heterocycles. The molecule has 1 heteroatoms. The molecule has 1 nitrogen and oxygen atoms in total. The van der Waals surface area contributed by atoms with E-state index in [2.05, 4.69) is 36.4 Å². The quantitative estimate of drug-likeness (QED) is 0.157. The summed E-state index contributed by atoms with van der Waals surface area (Å²) >= 11 is 0. The van der Waals surface area contributed by atoms with Gasteiger partial charge in [0.1, 0.15) is 0 Å². The molecule has 58 heavy (non-hydrogen) atoms. The first-order valence-electron chi connectivity index (χ1n) is 23.4. The van der Waals surface area contributed by atoms with Crippen molar-refractivity contribution < 1.29 is 11.0 Å². The standard InChI is InChI=1S/C57H39N/c1-3-20-46(21-4-1)57(47-22-5-2-6-23-47)55-28-12-11-26-53(55)54-36-35-50(39-56(54)57)58(48-33-31-42(32-34-48)52-27-14-18-41-16-9-10-25-51(41)52)49-24-13-19-44(38-49)45-30-29-40-15-7-8-17-43(40)37-45/h1-39H/i13D,19D,24D,31D,32D,33D,34D,38D. The Bertz CT molecular complexity index is 3520. The normalized spacial score (nSPS) is 14.6. The lowest BCUT2D eigenvalue weighted by Crippen LogP contribution is -2.28. The van der Waals surface area contributed by atoms with Gasteiger partial charge >= 0.3 is 0 Å². The number of anilines is 3. The van der Waals surface area contributed by atoms with Crippen LogP contribution in [0.5, 0.6) is 0 Å². The van der Waals surface area contributed by atoms with Gasteiger partial charge in [-0.2, -0.15) is 0 Å². The molecule has 10 aromatic rings. The lowest BCUT2D eigenvalue weighted by molar-refractivity contribution is 0.768. The highest BCUT2D eigenvalue weighted by atomic mass is 15.1. The number of fused-ring (bicyclic) bond motifs is 5. The first-order chi connectivity index (χ1) is 32.1. The van der Waals surface area contributed by atoms with Crippen LogP contribution in [-0.4, -0.2) is 0 Å². The van der Waals surface area contributed by atoms with E-state index in [4.69, 9.17) is 0 Å². The Labute approximate surface area is 351 Å². The summed E-state index contributed by atoms with van der Waals surface area (Å²) in [6.45, 7) is 0. The molecule has 0 fully saturated rings. The monoisotopic (exact) mass is 745 g/mol. The van der Waals surface area contributed by atoms with Gasteiger partial charge in [0.25, 0.3) is 0 Å². The molecule has 10 aromatic carbocycles. The second kappa shape index (κ2) is 13.9. The van der Waals surface area contributed by atoms with E-state index in [9.17, 15) is 11.0 Å². The SMILES string of the molecule is [2H]c1c([2H])c(-c2ccc3ccccc3c2)c([2H])c(N(c2ccc3c(c2)C(c2ccccc2)(c2ccccc2)c2ccccc2-3)c2c([2H])c([2H])c(-c3cccc4ccccc34)c([2H])c2[2H])c1[2H]. The summed E-state index contributed by atoms with van der Waals surface area (Å²) in [5.74, 6) is 0. The molecule has 0 spiro atoms. The molecule has 0 saturated heterocycles. The smallest absolute Gasteiger partial charge is 0.0714 e. The van der Waals surface area contributed by atoms with E-state index in [-0.39, 0.29) is 58.8 Å². The number of nitrogens with zero attached hydrogens (tertiary/aromatic N) is 1. The summed E-state index contributed by atoms with van der Waals surface area (Å²) in [6.07, 6.45) is 0. The molecule has 0 aromatic heterocycles. The minimum Gasteiger partial charge on any atom is -0.310 e. The van der Waals surface area contributed by atoms with E-state index in [1.165, 1.54) is 4.90 Å². The Kier molecular flexibility index (Phi) is 6.33. The molecular weight excluding hydrogens is 699 g/mol. The van der Waals surface area contributed by atoms with Gasteiger partial charge in [0.2, 0.25) is 0 Å². The van der Waals surface area contributed by atoms with E-state index < -0.39 is 17.5 Å². The van der Waals surface area contributed by atoms with E-state index in [1.807, 2.05) is 140 Å². The summed E-state index contributed by atoms with van der Waals surface area (Å²) in [5, 5.41) is 3.48. The third-order valence-corrected chi connectivity index (χ3v) is 11.5. The molecule has 0 saturated carbocycles. The summed E-state index contributed by atoms with van der Waals surface area (Å²) < 4.78 is 77.3. The van der Waals surface area contributed by atoms with Crippen LogP contribution in [0, 0.1) is 0 Å². The van der Waals surface area contributed by atoms with Gasteiger partial charge < -0.3 is 4.90 Å². The van der Waals surface area contributed by atoms with Crippen LogP contribution in [0.2, 0.25) is 0 Å². The van der Waals surface area contributed by atoms with Crippen molar-refractivity contribution in [3.05, 3.63) is 259 Å². The van der Waals surface area contributed by atoms with Gasteiger partial charge in [0, 0.05) is 17.1 Å². The van der Waals surface area contributed by atoms with Crippen LogP contribution in [0.1, 0.15) is 33.2 Å². The first kappa shape index (κ1) is 26.4. The lowest BCUT2D eigenvalue weighted by atomic mass is 9.67. The van der Waals surface area contributed by atoms with Gasteiger partial charge in [-0.15, -0.1) is 0 Å². The predicted molar refractivity (Wildman–Crippen MR) is 244 cm³/mol. The van der Waals surface area contributed by atoms with Gasteiger partial charge in [-0.3, -0.25) is 0 Å². The Balaban J connectivity index is 1.25. The van der Waals surface area contributed by atoms with Crippen molar-refractivity contribution in [3.63, 3.8) is 0 Å². The maximum Gasteiger partial charge on any atom is 0.0714 e. The number of rotatable bonds is 7. The number of hydrogen-bond donors (Lipinski definition) is 0. The van der Waals surface area contributed by atoms with Crippen LogP contribution < -0.4 is 4.90 Å². The van der Waals surface area contributed by atoms with Crippen molar-refractivity contribution >= 4 is 38.6 Å². The molecule has 0 amide bonds. The largest absolute Gasteiger partial charge is 0.310 e. The molecule has 1 aliphatic rings. The zero-order valence-corrected chi connectivity index (χ0v) is 31.3. The number of hydrogen-bond acceptors (Lipinski definition) is 1. The fourth-order valence-electron chi connectivity index (χ4n) is 8.87. The highest BCUT2D eigenvalue weighted by Gasteiger charge is 2.46. The van der Waals surface area contributed by atoms with Gasteiger partial charge in [-0.05, 0) is 120 Å². The lowest BCUT2D eigenvalue weighted by Gasteiger charge is -2.35. The molecule has 0 N–H and O–H groups in total. The van der Waals surface area contributed by atoms with E-state index in [1.54, 1.807) is 12.1 Å². The van der Waals surface area contributed by atoms with Crippen molar-refractivity contribution in [2.24, 2.45) is 0 Å². The minimum absolute atomic E-state index is 0.112. The molecule has 0 atom stereocenters. The summed E-state index contributed by atoms with van der Waals surface area (Å²) in [7, 11) is 0. The van der Waals surface area contributed by atoms with Crippen LogP contribution in [-0.2, 0) is 5.41 Å². The van der Waals surface area contributed by atoms with Gasteiger partial charge in [-0.25, -0.2) is 0 Å². The van der Waals surface area contributed by atoms with Gasteiger partial charge in [-0.1, -0.05) is 194 Å². The van der Waals surface area contributed by atoms with E-state index in [0.717, 1.165) is 54.9 Å². The van der Waals surface area contributed by atoms with E-state index >= 15 is 0 Å². The first-order valence-corrected chi connectivity index (χ1v) is 19.4. The zero-order chi connectivity index (χ0) is 45.4. The molecule has 0 aliphatic heterocycles. The maximum absolute atomic E-state index is 10.0. The van der Waals surface area contributed by atoms with Crippen LogP contribution >= 0.6 is 0 Å². The number of benzene rings is 10. The second-order valence-corrected chi connectivity index (χ2v) is 14.6. The Morgan fingerprint density at radius 3 is 1.79 bits per heavy atom. The van der Waals surface area contributed by atoms with Crippen molar-refractivity contribution in [1.29, 1.82) is 0 Å². The highest BCUT2D eigenvalue weighted by molar-refractivity contribution is 5.97. The van der Waals surface area contributed by atoms with Crippen LogP contribution in [0.4, 0.5) is 17.1 Å². The van der Waals surface area contributed by atoms with Gasteiger partial charge in [0.15, 0.2) is 0 Å².